The molecule has 0 aromatic heterocycles. The maximum Gasteiger partial charge on any atom is 0.264 e. The fourth-order valence-electron chi connectivity index (χ4n) is 3.11. The number of sulfonamides is 1. The predicted molar refractivity (Wildman–Crippen MR) is 131 cm³/mol. The summed E-state index contributed by atoms with van der Waals surface area (Å²) in [6, 6.07) is 19.6. The summed E-state index contributed by atoms with van der Waals surface area (Å²) >= 11 is 12.2. The van der Waals surface area contributed by atoms with Gasteiger partial charge in [0.1, 0.15) is 12.3 Å². The minimum absolute atomic E-state index is 0.0242. The van der Waals surface area contributed by atoms with Gasteiger partial charge in [-0.05, 0) is 61.9 Å². The SMILES string of the molecule is CC(C)Oc1cccc(CNC(=O)CN(c2cc(Cl)cc(Cl)c2)S(=O)(=O)c2ccccc2)c1. The van der Waals surface area contributed by atoms with Gasteiger partial charge in [0.05, 0.1) is 16.7 Å². The van der Waals surface area contributed by atoms with Gasteiger partial charge in [-0.1, -0.05) is 53.5 Å². The van der Waals surface area contributed by atoms with Crippen molar-refractivity contribution < 1.29 is 17.9 Å². The van der Waals surface area contributed by atoms with Crippen molar-refractivity contribution in [2.24, 2.45) is 0 Å². The van der Waals surface area contributed by atoms with E-state index >= 15 is 0 Å². The molecule has 0 saturated carbocycles. The maximum atomic E-state index is 13.4. The van der Waals surface area contributed by atoms with Crippen LogP contribution in [-0.4, -0.2) is 27.0 Å². The summed E-state index contributed by atoms with van der Waals surface area (Å²) in [5.41, 5.74) is 1.02. The molecule has 9 heteroatoms. The lowest BCUT2D eigenvalue weighted by Crippen LogP contribution is -2.40. The summed E-state index contributed by atoms with van der Waals surface area (Å²) in [6.07, 6.45) is 0.0242. The van der Waals surface area contributed by atoms with Gasteiger partial charge >= 0.3 is 0 Å². The maximum absolute atomic E-state index is 13.4. The highest BCUT2D eigenvalue weighted by atomic mass is 35.5. The van der Waals surface area contributed by atoms with Gasteiger partial charge in [-0.15, -0.1) is 0 Å². The normalized spacial score (nSPS) is 11.3. The van der Waals surface area contributed by atoms with E-state index in [4.69, 9.17) is 27.9 Å². The minimum atomic E-state index is -4.05. The van der Waals surface area contributed by atoms with E-state index in [1.807, 2.05) is 38.1 Å². The molecule has 0 aliphatic rings. The standard InChI is InChI=1S/C24H24Cl2N2O4S/c1-17(2)32-22-8-6-7-18(11-22)15-27-24(29)16-28(21-13-19(25)12-20(26)14-21)33(30,31)23-9-4-3-5-10-23/h3-14,17H,15-16H2,1-2H3,(H,27,29). The second-order valence-electron chi connectivity index (χ2n) is 7.54. The molecule has 3 aromatic rings. The Balaban J connectivity index is 1.82. The number of rotatable bonds is 9. The van der Waals surface area contributed by atoms with Crippen LogP contribution in [0.15, 0.2) is 77.7 Å². The second-order valence-corrected chi connectivity index (χ2v) is 10.3. The monoisotopic (exact) mass is 506 g/mol. The van der Waals surface area contributed by atoms with E-state index in [9.17, 15) is 13.2 Å². The van der Waals surface area contributed by atoms with Crippen LogP contribution in [0.5, 0.6) is 5.75 Å². The lowest BCUT2D eigenvalue weighted by molar-refractivity contribution is -0.119. The molecule has 3 aromatic carbocycles. The topological polar surface area (TPSA) is 75.7 Å². The van der Waals surface area contributed by atoms with Gasteiger partial charge in [0.25, 0.3) is 10.0 Å². The smallest absolute Gasteiger partial charge is 0.264 e. The molecule has 174 valence electrons. The molecular formula is C24H24Cl2N2O4S. The van der Waals surface area contributed by atoms with Crippen molar-refractivity contribution in [2.45, 2.75) is 31.4 Å². The third-order valence-corrected chi connectivity index (χ3v) is 6.74. The average molecular weight is 507 g/mol. The number of anilines is 1. The van der Waals surface area contributed by atoms with Crippen molar-refractivity contribution in [1.82, 2.24) is 5.32 Å². The van der Waals surface area contributed by atoms with Gasteiger partial charge in [0.15, 0.2) is 0 Å². The first-order valence-corrected chi connectivity index (χ1v) is 12.4. The van der Waals surface area contributed by atoms with E-state index < -0.39 is 22.5 Å². The largest absolute Gasteiger partial charge is 0.491 e. The number of ether oxygens (including phenoxy) is 1. The molecule has 0 aliphatic heterocycles. The van der Waals surface area contributed by atoms with Gasteiger partial charge in [0, 0.05) is 16.6 Å². The zero-order valence-corrected chi connectivity index (χ0v) is 20.5. The zero-order chi connectivity index (χ0) is 24.0. The number of amides is 1. The summed E-state index contributed by atoms with van der Waals surface area (Å²) in [6.45, 7) is 3.62. The van der Waals surface area contributed by atoms with E-state index in [0.29, 0.717) is 5.75 Å². The van der Waals surface area contributed by atoms with Crippen molar-refractivity contribution in [1.29, 1.82) is 0 Å². The van der Waals surface area contributed by atoms with Gasteiger partial charge < -0.3 is 10.1 Å². The summed E-state index contributed by atoms with van der Waals surface area (Å²) in [5.74, 6) is 0.208. The van der Waals surface area contributed by atoms with Crippen LogP contribution in [0.4, 0.5) is 5.69 Å². The molecule has 0 saturated heterocycles. The molecular weight excluding hydrogens is 483 g/mol. The molecule has 0 heterocycles. The fraction of sp³-hybridized carbons (Fsp3) is 0.208. The molecule has 0 radical (unpaired) electrons. The van der Waals surface area contributed by atoms with Gasteiger partial charge in [-0.2, -0.15) is 0 Å². The van der Waals surface area contributed by atoms with E-state index in [-0.39, 0.29) is 33.3 Å². The highest BCUT2D eigenvalue weighted by molar-refractivity contribution is 7.92. The van der Waals surface area contributed by atoms with Crippen molar-refractivity contribution in [3.8, 4) is 5.75 Å². The minimum Gasteiger partial charge on any atom is -0.491 e. The highest BCUT2D eigenvalue weighted by Gasteiger charge is 2.27. The van der Waals surface area contributed by atoms with Crippen LogP contribution >= 0.6 is 23.2 Å². The third-order valence-electron chi connectivity index (χ3n) is 4.51. The third kappa shape index (κ3) is 6.87. The van der Waals surface area contributed by atoms with Crippen LogP contribution in [0.3, 0.4) is 0 Å². The second kappa shape index (κ2) is 10.9. The number of hydrogen-bond donors (Lipinski definition) is 1. The predicted octanol–water partition coefficient (Wildman–Crippen LogP) is 5.29. The number of nitrogens with one attached hydrogen (secondary N) is 1. The number of carbonyl (C=O) groups excluding carboxylic acids is 1. The molecule has 0 bridgehead atoms. The van der Waals surface area contributed by atoms with Crippen LogP contribution in [0.2, 0.25) is 10.0 Å². The van der Waals surface area contributed by atoms with E-state index in [1.54, 1.807) is 18.2 Å². The highest BCUT2D eigenvalue weighted by Crippen LogP contribution is 2.29. The molecule has 3 rings (SSSR count). The van der Waals surface area contributed by atoms with Gasteiger partial charge in [-0.3, -0.25) is 9.10 Å². The number of halogens is 2. The van der Waals surface area contributed by atoms with E-state index in [0.717, 1.165) is 9.87 Å². The van der Waals surface area contributed by atoms with Gasteiger partial charge in [-0.25, -0.2) is 8.42 Å². The number of hydrogen-bond acceptors (Lipinski definition) is 4. The Kier molecular flexibility index (Phi) is 8.24. The van der Waals surface area contributed by atoms with Crippen LogP contribution in [0, 0.1) is 0 Å². The molecule has 33 heavy (non-hydrogen) atoms. The van der Waals surface area contributed by atoms with Crippen LogP contribution in [0.25, 0.3) is 0 Å². The van der Waals surface area contributed by atoms with Crippen molar-refractivity contribution >= 4 is 44.8 Å². The Labute approximate surface area is 204 Å². The Morgan fingerprint density at radius 1 is 0.970 bits per heavy atom. The van der Waals surface area contributed by atoms with Gasteiger partial charge in [0.2, 0.25) is 5.91 Å². The first kappa shape index (κ1) is 24.9. The van der Waals surface area contributed by atoms with Crippen LogP contribution in [0.1, 0.15) is 19.4 Å². The van der Waals surface area contributed by atoms with Crippen LogP contribution in [-0.2, 0) is 21.4 Å². The first-order chi connectivity index (χ1) is 15.6. The Bertz CT molecular complexity index is 1200. The molecule has 0 aliphatic carbocycles. The summed E-state index contributed by atoms with van der Waals surface area (Å²) < 4.78 is 33.4. The van der Waals surface area contributed by atoms with Crippen LogP contribution < -0.4 is 14.4 Å². The fourth-order valence-corrected chi connectivity index (χ4v) is 5.05. The number of nitrogens with zero attached hydrogens (tertiary/aromatic N) is 1. The van der Waals surface area contributed by atoms with E-state index in [1.165, 1.54) is 30.3 Å². The van der Waals surface area contributed by atoms with Crippen molar-refractivity contribution in [3.05, 3.63) is 88.4 Å². The molecule has 1 N–H and O–H groups in total. The molecule has 0 atom stereocenters. The zero-order valence-electron chi connectivity index (χ0n) is 18.2. The van der Waals surface area contributed by atoms with Crippen molar-refractivity contribution in [3.63, 3.8) is 0 Å². The lowest BCUT2D eigenvalue weighted by Gasteiger charge is -2.24. The molecule has 0 spiro atoms. The average Bonchev–Trinajstić information content (AvgIpc) is 2.75. The molecule has 1 amide bonds. The van der Waals surface area contributed by atoms with E-state index in [2.05, 4.69) is 5.32 Å². The Morgan fingerprint density at radius 3 is 2.27 bits per heavy atom. The molecule has 0 unspecified atom stereocenters. The lowest BCUT2D eigenvalue weighted by atomic mass is 10.2. The summed E-state index contributed by atoms with van der Waals surface area (Å²) in [7, 11) is -4.05. The Hall–Kier alpha value is -2.74. The first-order valence-electron chi connectivity index (χ1n) is 10.2. The summed E-state index contributed by atoms with van der Waals surface area (Å²) in [4.78, 5) is 12.8. The van der Waals surface area contributed by atoms with Crippen molar-refractivity contribution in [2.75, 3.05) is 10.8 Å². The number of carbonyl (C=O) groups is 1. The number of benzene rings is 3. The Morgan fingerprint density at radius 2 is 1.64 bits per heavy atom. The summed E-state index contributed by atoms with van der Waals surface area (Å²) in [5, 5.41) is 3.28. The molecule has 0 fully saturated rings. The molecule has 6 nitrogen and oxygen atoms in total. The quantitative estimate of drug-likeness (QED) is 0.427.